The van der Waals surface area contributed by atoms with Gasteiger partial charge in [-0.25, -0.2) is 8.42 Å². The largest absolute Gasteiger partial charge is 0.417 e. The van der Waals surface area contributed by atoms with E-state index in [0.29, 0.717) is 27.4 Å². The molecule has 0 saturated heterocycles. The number of nitrogens with zero attached hydrogens (tertiary/aromatic N) is 2. The second kappa shape index (κ2) is 15.9. The number of benzene rings is 4. The molecule has 2 amide bonds. The zero-order valence-corrected chi connectivity index (χ0v) is 28.5. The van der Waals surface area contributed by atoms with Crippen LogP contribution in [0, 0.1) is 0 Å². The summed E-state index contributed by atoms with van der Waals surface area (Å²) in [6, 6.07) is 23.9. The summed E-state index contributed by atoms with van der Waals surface area (Å²) in [4.78, 5) is 29.4. The van der Waals surface area contributed by atoms with E-state index in [9.17, 15) is 31.2 Å². The topological polar surface area (TPSA) is 86.8 Å². The van der Waals surface area contributed by atoms with E-state index in [1.54, 1.807) is 60.7 Å². The number of carbonyl (C=O) groups excluding carboxylic acids is 2. The maximum absolute atomic E-state index is 14.5. The minimum atomic E-state index is -4.91. The van der Waals surface area contributed by atoms with Crippen molar-refractivity contribution in [2.24, 2.45) is 0 Å². The molecule has 4 aromatic carbocycles. The van der Waals surface area contributed by atoms with Crippen molar-refractivity contribution in [1.29, 1.82) is 0 Å². The number of alkyl halides is 3. The van der Waals surface area contributed by atoms with Crippen LogP contribution in [0.3, 0.4) is 0 Å². The highest BCUT2D eigenvalue weighted by molar-refractivity contribution is 7.92. The number of sulfonamides is 1. The molecule has 0 saturated carbocycles. The Kier molecular flexibility index (Phi) is 12.2. The van der Waals surface area contributed by atoms with E-state index in [-0.39, 0.29) is 23.9 Å². The summed E-state index contributed by atoms with van der Waals surface area (Å²) >= 11 is 12.4. The van der Waals surface area contributed by atoms with Crippen LogP contribution in [0.1, 0.15) is 37.0 Å². The Hall–Kier alpha value is -4.06. The Labute approximate surface area is 288 Å². The number of anilines is 1. The SMILES string of the molecule is CC[C@H](C)NC(=O)[C@@H](Cc1ccccc1)N(Cc1ccccc1Cl)C(=O)CN(c1ccc(Cl)c(C(F)(F)F)c1)S(=O)(=O)c1ccccc1. The summed E-state index contributed by atoms with van der Waals surface area (Å²) in [5.41, 5.74) is -0.513. The minimum absolute atomic E-state index is 0.0594. The number of hydrogen-bond acceptors (Lipinski definition) is 4. The van der Waals surface area contributed by atoms with Crippen molar-refractivity contribution in [3.05, 3.63) is 130 Å². The first kappa shape index (κ1) is 36.8. The first-order valence-corrected chi connectivity index (χ1v) is 17.2. The highest BCUT2D eigenvalue weighted by atomic mass is 35.5. The molecule has 0 aromatic heterocycles. The monoisotopic (exact) mass is 719 g/mol. The molecular formula is C35H34Cl2F3N3O4S. The zero-order chi connectivity index (χ0) is 35.1. The number of carbonyl (C=O) groups is 2. The van der Waals surface area contributed by atoms with E-state index >= 15 is 0 Å². The van der Waals surface area contributed by atoms with Crippen LogP contribution in [-0.2, 0) is 38.8 Å². The molecule has 7 nitrogen and oxygen atoms in total. The average Bonchev–Trinajstić information content (AvgIpc) is 3.06. The number of hydrogen-bond donors (Lipinski definition) is 1. The maximum atomic E-state index is 14.5. The molecule has 1 N–H and O–H groups in total. The molecule has 4 aromatic rings. The lowest BCUT2D eigenvalue weighted by Gasteiger charge is -2.34. The molecule has 0 fully saturated rings. The maximum Gasteiger partial charge on any atom is 0.417 e. The molecule has 0 spiro atoms. The van der Waals surface area contributed by atoms with Gasteiger partial charge in [0.25, 0.3) is 10.0 Å². The van der Waals surface area contributed by atoms with Crippen LogP contribution in [0.15, 0.2) is 108 Å². The first-order valence-electron chi connectivity index (χ1n) is 15.0. The van der Waals surface area contributed by atoms with Gasteiger partial charge < -0.3 is 10.2 Å². The van der Waals surface area contributed by atoms with Crippen molar-refractivity contribution < 1.29 is 31.2 Å². The summed E-state index contributed by atoms with van der Waals surface area (Å²) < 4.78 is 70.5. The second-order valence-corrected chi connectivity index (χ2v) is 13.8. The third-order valence-corrected chi connectivity index (χ3v) is 10.2. The third-order valence-electron chi connectivity index (χ3n) is 7.72. The summed E-state index contributed by atoms with van der Waals surface area (Å²) in [6.07, 6.45) is -4.25. The van der Waals surface area contributed by atoms with Crippen LogP contribution >= 0.6 is 23.2 Å². The normalized spacial score (nSPS) is 13.0. The van der Waals surface area contributed by atoms with Gasteiger partial charge in [0.15, 0.2) is 0 Å². The lowest BCUT2D eigenvalue weighted by Crippen LogP contribution is -2.54. The lowest BCUT2D eigenvalue weighted by molar-refractivity contribution is -0.140. The lowest BCUT2D eigenvalue weighted by atomic mass is 10.0. The van der Waals surface area contributed by atoms with Gasteiger partial charge in [0.2, 0.25) is 11.8 Å². The molecule has 0 unspecified atom stereocenters. The van der Waals surface area contributed by atoms with Crippen molar-refractivity contribution in [2.45, 2.75) is 56.4 Å². The predicted molar refractivity (Wildman–Crippen MR) is 181 cm³/mol. The standard InChI is InChI=1S/C35H34Cl2F3N3O4S/c1-3-24(2)41-34(45)32(20-25-12-6-4-7-13-25)42(22-26-14-10-11-17-30(26)36)33(44)23-43(48(46,47)28-15-8-5-9-16-28)27-18-19-31(37)29(21-27)35(38,39)40/h4-19,21,24,32H,3,20,22-23H2,1-2H3,(H,41,45)/t24-,32+/m0/s1. The number of rotatable bonds is 13. The number of nitrogens with one attached hydrogen (secondary N) is 1. The highest BCUT2D eigenvalue weighted by Crippen LogP contribution is 2.38. The Morgan fingerprint density at radius 3 is 2.06 bits per heavy atom. The minimum Gasteiger partial charge on any atom is -0.352 e. The molecule has 2 atom stereocenters. The van der Waals surface area contributed by atoms with Crippen molar-refractivity contribution in [2.75, 3.05) is 10.8 Å². The molecule has 0 aliphatic carbocycles. The Balaban J connectivity index is 1.87. The smallest absolute Gasteiger partial charge is 0.352 e. The van der Waals surface area contributed by atoms with Crippen LogP contribution in [0.4, 0.5) is 18.9 Å². The Morgan fingerprint density at radius 2 is 1.46 bits per heavy atom. The van der Waals surface area contributed by atoms with Gasteiger partial charge >= 0.3 is 6.18 Å². The molecule has 13 heteroatoms. The fraction of sp³-hybridized carbons (Fsp3) is 0.257. The number of amides is 2. The van der Waals surface area contributed by atoms with Crippen LogP contribution in [-0.4, -0.2) is 43.8 Å². The van der Waals surface area contributed by atoms with E-state index < -0.39 is 56.9 Å². The summed E-state index contributed by atoms with van der Waals surface area (Å²) in [5.74, 6) is -1.34. The van der Waals surface area contributed by atoms with Gasteiger partial charge in [-0.15, -0.1) is 0 Å². The van der Waals surface area contributed by atoms with Gasteiger partial charge in [-0.3, -0.25) is 13.9 Å². The summed E-state index contributed by atoms with van der Waals surface area (Å²) in [6.45, 7) is 2.56. The second-order valence-electron chi connectivity index (χ2n) is 11.1. The van der Waals surface area contributed by atoms with Crippen molar-refractivity contribution in [3.63, 3.8) is 0 Å². The average molecular weight is 721 g/mol. The van der Waals surface area contributed by atoms with Crippen LogP contribution in [0.5, 0.6) is 0 Å². The summed E-state index contributed by atoms with van der Waals surface area (Å²) in [5, 5.41) is 2.58. The molecule has 0 heterocycles. The van der Waals surface area contributed by atoms with Gasteiger partial charge in [-0.05, 0) is 60.9 Å². The number of halogens is 5. The van der Waals surface area contributed by atoms with Gasteiger partial charge in [0, 0.05) is 24.0 Å². The van der Waals surface area contributed by atoms with Crippen molar-refractivity contribution in [3.8, 4) is 0 Å². The van der Waals surface area contributed by atoms with E-state index in [2.05, 4.69) is 5.32 Å². The van der Waals surface area contributed by atoms with Crippen molar-refractivity contribution in [1.82, 2.24) is 10.2 Å². The molecule has 0 bridgehead atoms. The van der Waals surface area contributed by atoms with E-state index in [4.69, 9.17) is 23.2 Å². The van der Waals surface area contributed by atoms with Crippen LogP contribution < -0.4 is 9.62 Å². The Bertz CT molecular complexity index is 1830. The van der Waals surface area contributed by atoms with Gasteiger partial charge in [-0.1, -0.05) is 96.9 Å². The van der Waals surface area contributed by atoms with Crippen LogP contribution in [0.25, 0.3) is 0 Å². The zero-order valence-electron chi connectivity index (χ0n) is 26.1. The molecule has 0 aliphatic heterocycles. The molecular weight excluding hydrogens is 686 g/mol. The molecule has 0 aliphatic rings. The Morgan fingerprint density at radius 1 is 0.854 bits per heavy atom. The quantitative estimate of drug-likeness (QED) is 0.153. The highest BCUT2D eigenvalue weighted by Gasteiger charge is 2.38. The van der Waals surface area contributed by atoms with E-state index in [1.807, 2.05) is 13.8 Å². The fourth-order valence-corrected chi connectivity index (χ4v) is 6.79. The van der Waals surface area contributed by atoms with Crippen LogP contribution in [0.2, 0.25) is 10.0 Å². The van der Waals surface area contributed by atoms with Crippen molar-refractivity contribution >= 4 is 50.7 Å². The molecule has 0 radical (unpaired) electrons. The van der Waals surface area contributed by atoms with Gasteiger partial charge in [0.1, 0.15) is 12.6 Å². The summed E-state index contributed by atoms with van der Waals surface area (Å²) in [7, 11) is -4.62. The predicted octanol–water partition coefficient (Wildman–Crippen LogP) is 7.76. The van der Waals surface area contributed by atoms with Gasteiger partial charge in [0.05, 0.1) is 21.2 Å². The molecule has 4 rings (SSSR count). The first-order chi connectivity index (χ1) is 22.7. The van der Waals surface area contributed by atoms with E-state index in [1.165, 1.54) is 29.2 Å². The molecule has 48 heavy (non-hydrogen) atoms. The fourth-order valence-electron chi connectivity index (χ4n) is 4.94. The third kappa shape index (κ3) is 9.09. The molecule has 254 valence electrons. The van der Waals surface area contributed by atoms with E-state index in [0.717, 1.165) is 17.7 Å². The van der Waals surface area contributed by atoms with Gasteiger partial charge in [-0.2, -0.15) is 13.2 Å².